The van der Waals surface area contributed by atoms with Crippen molar-refractivity contribution in [3.63, 3.8) is 0 Å². The van der Waals surface area contributed by atoms with Gasteiger partial charge in [-0.1, -0.05) is 17.9 Å². The molecule has 1 aromatic carbocycles. The van der Waals surface area contributed by atoms with Crippen molar-refractivity contribution in [3.8, 4) is 11.8 Å². The van der Waals surface area contributed by atoms with Gasteiger partial charge < -0.3 is 16.4 Å². The fourth-order valence-corrected chi connectivity index (χ4v) is 2.02. The molecule has 5 heteroatoms. The monoisotopic (exact) mass is 271 g/mol. The molecule has 0 radical (unpaired) electrons. The molecule has 0 spiro atoms. The summed E-state index contributed by atoms with van der Waals surface area (Å²) < 4.78 is 0. The summed E-state index contributed by atoms with van der Waals surface area (Å²) >= 11 is 0. The Bertz CT molecular complexity index is 562. The highest BCUT2D eigenvalue weighted by Crippen LogP contribution is 2.07. The maximum Gasteiger partial charge on any atom is 0.251 e. The minimum Gasteiger partial charge on any atom is -0.354 e. The highest BCUT2D eigenvalue weighted by Gasteiger charge is 2.20. The van der Waals surface area contributed by atoms with Gasteiger partial charge in [-0.3, -0.25) is 9.59 Å². The highest BCUT2D eigenvalue weighted by molar-refractivity contribution is 5.94. The Morgan fingerprint density at radius 2 is 2.35 bits per heavy atom. The number of nitrogens with two attached hydrogens (primary N) is 1. The van der Waals surface area contributed by atoms with Crippen LogP contribution in [0.5, 0.6) is 0 Å². The summed E-state index contributed by atoms with van der Waals surface area (Å²) in [4.78, 5) is 23.2. The van der Waals surface area contributed by atoms with E-state index in [0.29, 0.717) is 24.9 Å². The van der Waals surface area contributed by atoms with Gasteiger partial charge in [0.25, 0.3) is 5.91 Å². The second-order valence-electron chi connectivity index (χ2n) is 4.60. The zero-order valence-corrected chi connectivity index (χ0v) is 11.1. The van der Waals surface area contributed by atoms with Crippen molar-refractivity contribution in [3.05, 3.63) is 35.4 Å². The Balaban J connectivity index is 2.00. The molecular weight excluding hydrogens is 254 g/mol. The predicted molar refractivity (Wildman–Crippen MR) is 75.9 cm³/mol. The first-order valence-corrected chi connectivity index (χ1v) is 6.55. The van der Waals surface area contributed by atoms with E-state index in [4.69, 9.17) is 5.73 Å². The zero-order chi connectivity index (χ0) is 14.4. The summed E-state index contributed by atoms with van der Waals surface area (Å²) in [6, 6.07) is 7.08. The fraction of sp³-hybridized carbons (Fsp3) is 0.333. The Morgan fingerprint density at radius 3 is 3.05 bits per heavy atom. The summed E-state index contributed by atoms with van der Waals surface area (Å²) in [7, 11) is 0. The summed E-state index contributed by atoms with van der Waals surface area (Å²) in [5.41, 5.74) is 6.65. The molecule has 4 N–H and O–H groups in total. The lowest BCUT2D eigenvalue weighted by molar-refractivity contribution is -0.122. The topological polar surface area (TPSA) is 84.2 Å². The van der Waals surface area contributed by atoms with Gasteiger partial charge in [-0.05, 0) is 24.6 Å². The van der Waals surface area contributed by atoms with Crippen molar-refractivity contribution in [2.24, 2.45) is 5.73 Å². The third-order valence-corrected chi connectivity index (χ3v) is 3.06. The molecule has 2 amide bonds. The van der Waals surface area contributed by atoms with E-state index in [2.05, 4.69) is 22.5 Å². The lowest BCUT2D eigenvalue weighted by Gasteiger charge is -2.23. The predicted octanol–water partition coefficient (Wildman–Crippen LogP) is 0.00520. The van der Waals surface area contributed by atoms with Gasteiger partial charge in [0.15, 0.2) is 0 Å². The maximum absolute atomic E-state index is 12.1. The van der Waals surface area contributed by atoms with Crippen molar-refractivity contribution in [1.82, 2.24) is 10.6 Å². The lowest BCUT2D eigenvalue weighted by atomic mass is 10.1. The van der Waals surface area contributed by atoms with Crippen molar-refractivity contribution < 1.29 is 9.59 Å². The minimum atomic E-state index is -0.150. The second kappa shape index (κ2) is 6.73. The van der Waals surface area contributed by atoms with Gasteiger partial charge in [0.1, 0.15) is 0 Å². The smallest absolute Gasteiger partial charge is 0.251 e. The molecule has 0 aromatic heterocycles. The van der Waals surface area contributed by atoms with Crippen LogP contribution < -0.4 is 16.4 Å². The largest absolute Gasteiger partial charge is 0.354 e. The molecule has 1 fully saturated rings. The van der Waals surface area contributed by atoms with Gasteiger partial charge in [-0.2, -0.15) is 0 Å². The molecule has 5 nitrogen and oxygen atoms in total. The summed E-state index contributed by atoms with van der Waals surface area (Å²) in [5, 5.41) is 5.65. The molecule has 1 atom stereocenters. The van der Waals surface area contributed by atoms with Gasteiger partial charge >= 0.3 is 0 Å². The number of amides is 2. The molecular formula is C15H17N3O2. The average molecular weight is 271 g/mol. The molecule has 2 rings (SSSR count). The van der Waals surface area contributed by atoms with Crippen LogP contribution >= 0.6 is 0 Å². The summed E-state index contributed by atoms with van der Waals surface area (Å²) in [6.45, 7) is 0.773. The van der Waals surface area contributed by atoms with Crippen LogP contribution in [0.15, 0.2) is 24.3 Å². The van der Waals surface area contributed by atoms with Crippen LogP contribution in [0, 0.1) is 11.8 Å². The van der Waals surface area contributed by atoms with E-state index in [1.54, 1.807) is 18.2 Å². The Hall–Kier alpha value is -2.32. The standard InChI is InChI=1S/C15H17N3O2/c16-8-2-4-11-3-1-5-12(9-11)15(20)18-13-6-7-14(19)17-10-13/h1,3,5,9,13H,6-8,10,16H2,(H,17,19)(H,18,20). The molecule has 20 heavy (non-hydrogen) atoms. The third-order valence-electron chi connectivity index (χ3n) is 3.06. The van der Waals surface area contributed by atoms with E-state index in [1.807, 2.05) is 6.07 Å². The van der Waals surface area contributed by atoms with Crippen LogP contribution in [-0.2, 0) is 4.79 Å². The van der Waals surface area contributed by atoms with E-state index in [9.17, 15) is 9.59 Å². The first kappa shape index (κ1) is 14.1. The average Bonchev–Trinajstić information content (AvgIpc) is 2.48. The van der Waals surface area contributed by atoms with E-state index >= 15 is 0 Å². The number of carbonyl (C=O) groups excluding carboxylic acids is 2. The van der Waals surface area contributed by atoms with Crippen molar-refractivity contribution in [1.29, 1.82) is 0 Å². The first-order chi connectivity index (χ1) is 9.69. The lowest BCUT2D eigenvalue weighted by Crippen LogP contribution is -2.47. The van der Waals surface area contributed by atoms with Gasteiger partial charge in [-0.25, -0.2) is 0 Å². The molecule has 1 aliphatic rings. The number of rotatable bonds is 2. The van der Waals surface area contributed by atoms with E-state index in [0.717, 1.165) is 5.56 Å². The van der Waals surface area contributed by atoms with Crippen LogP contribution in [0.1, 0.15) is 28.8 Å². The van der Waals surface area contributed by atoms with Crippen LogP contribution in [0.2, 0.25) is 0 Å². The van der Waals surface area contributed by atoms with Crippen molar-refractivity contribution in [2.75, 3.05) is 13.1 Å². The number of hydrogen-bond donors (Lipinski definition) is 3. The molecule has 1 saturated heterocycles. The Morgan fingerprint density at radius 1 is 1.50 bits per heavy atom. The van der Waals surface area contributed by atoms with Gasteiger partial charge in [0.05, 0.1) is 6.54 Å². The van der Waals surface area contributed by atoms with Gasteiger partial charge in [-0.15, -0.1) is 0 Å². The second-order valence-corrected chi connectivity index (χ2v) is 4.60. The quantitative estimate of drug-likeness (QED) is 0.662. The first-order valence-electron chi connectivity index (χ1n) is 6.55. The van der Waals surface area contributed by atoms with E-state index < -0.39 is 0 Å². The Kier molecular flexibility index (Phi) is 4.75. The molecule has 0 saturated carbocycles. The number of nitrogens with one attached hydrogen (secondary N) is 2. The fourth-order valence-electron chi connectivity index (χ4n) is 2.02. The van der Waals surface area contributed by atoms with Crippen LogP contribution in [0.25, 0.3) is 0 Å². The molecule has 1 aliphatic heterocycles. The third kappa shape index (κ3) is 3.84. The summed E-state index contributed by atoms with van der Waals surface area (Å²) in [6.07, 6.45) is 1.12. The highest BCUT2D eigenvalue weighted by atomic mass is 16.2. The molecule has 0 bridgehead atoms. The van der Waals surface area contributed by atoms with E-state index in [1.165, 1.54) is 0 Å². The van der Waals surface area contributed by atoms with Crippen LogP contribution in [0.3, 0.4) is 0 Å². The van der Waals surface area contributed by atoms with Crippen molar-refractivity contribution in [2.45, 2.75) is 18.9 Å². The van der Waals surface area contributed by atoms with Crippen LogP contribution in [-0.4, -0.2) is 30.9 Å². The van der Waals surface area contributed by atoms with Crippen LogP contribution in [0.4, 0.5) is 0 Å². The normalized spacial score (nSPS) is 17.6. The number of hydrogen-bond acceptors (Lipinski definition) is 3. The molecule has 1 aromatic rings. The van der Waals surface area contributed by atoms with Gasteiger partial charge in [0.2, 0.25) is 5.91 Å². The van der Waals surface area contributed by atoms with Crippen molar-refractivity contribution >= 4 is 11.8 Å². The number of carbonyl (C=O) groups is 2. The number of benzene rings is 1. The maximum atomic E-state index is 12.1. The molecule has 1 unspecified atom stereocenters. The SMILES string of the molecule is NCC#Cc1cccc(C(=O)NC2CCC(=O)NC2)c1. The summed E-state index contributed by atoms with van der Waals surface area (Å²) in [5.74, 6) is 5.54. The minimum absolute atomic E-state index is 0.0148. The molecule has 104 valence electrons. The molecule has 0 aliphatic carbocycles. The zero-order valence-electron chi connectivity index (χ0n) is 11.1. The Labute approximate surface area is 117 Å². The van der Waals surface area contributed by atoms with Gasteiger partial charge in [0, 0.05) is 30.1 Å². The van der Waals surface area contributed by atoms with E-state index in [-0.39, 0.29) is 24.4 Å². The molecule has 1 heterocycles. The number of piperidine rings is 1.